The summed E-state index contributed by atoms with van der Waals surface area (Å²) in [5.41, 5.74) is 4.36. The Hall–Kier alpha value is -2.88. The van der Waals surface area contributed by atoms with E-state index in [1.54, 1.807) is 6.08 Å². The zero-order chi connectivity index (χ0) is 21.6. The minimum Gasteiger partial charge on any atom is -0.478 e. The van der Waals surface area contributed by atoms with Gasteiger partial charge in [-0.3, -0.25) is 4.79 Å². The molecular formula is C27H28O4. The molecule has 0 unspecified atom stereocenters. The molecule has 2 aromatic carbocycles. The van der Waals surface area contributed by atoms with E-state index in [0.29, 0.717) is 0 Å². The molecule has 4 fully saturated rings. The first kappa shape index (κ1) is 20.0. The highest BCUT2D eigenvalue weighted by Crippen LogP contribution is 2.62. The molecule has 4 nitrogen and oxygen atoms in total. The Bertz CT molecular complexity index is 1010. The summed E-state index contributed by atoms with van der Waals surface area (Å²) in [6.45, 7) is 1.47. The summed E-state index contributed by atoms with van der Waals surface area (Å²) in [7, 11) is 0. The molecule has 0 aliphatic heterocycles. The Morgan fingerprint density at radius 3 is 2.06 bits per heavy atom. The second-order valence-electron chi connectivity index (χ2n) is 9.80. The standard InChI is InChI=1S/C27H28O4/c1-17(28)31-25-8-7-23(22-5-2-18(3-6-22)4-9-26(29)30)13-24(25)27-14-19-10-20(15-27)12-21(11-19)16-27/h2-9,13,19-21H,10-12,14-16H2,1H3,(H,29,30)/b9-4+. The highest BCUT2D eigenvalue weighted by molar-refractivity contribution is 5.85. The molecule has 0 atom stereocenters. The highest BCUT2D eigenvalue weighted by atomic mass is 16.5. The van der Waals surface area contributed by atoms with Crippen molar-refractivity contribution in [2.45, 2.75) is 50.9 Å². The van der Waals surface area contributed by atoms with Crippen LogP contribution in [0.3, 0.4) is 0 Å². The average molecular weight is 417 g/mol. The van der Waals surface area contributed by atoms with Crippen LogP contribution in [0.1, 0.15) is 56.6 Å². The van der Waals surface area contributed by atoms with Gasteiger partial charge in [0.05, 0.1) is 0 Å². The van der Waals surface area contributed by atoms with E-state index in [1.165, 1.54) is 51.0 Å². The number of rotatable bonds is 5. The third-order valence-electron chi connectivity index (χ3n) is 7.51. The third kappa shape index (κ3) is 3.91. The number of hydrogen-bond acceptors (Lipinski definition) is 3. The molecule has 0 heterocycles. The second-order valence-corrected chi connectivity index (χ2v) is 9.80. The predicted octanol–water partition coefficient (Wildman–Crippen LogP) is 5.84. The van der Waals surface area contributed by atoms with E-state index in [4.69, 9.17) is 9.84 Å². The topological polar surface area (TPSA) is 63.6 Å². The Labute approximate surface area is 182 Å². The van der Waals surface area contributed by atoms with Crippen molar-refractivity contribution in [1.29, 1.82) is 0 Å². The number of hydrogen-bond donors (Lipinski definition) is 1. The summed E-state index contributed by atoms with van der Waals surface area (Å²) in [5, 5.41) is 8.82. The zero-order valence-electron chi connectivity index (χ0n) is 17.8. The molecule has 6 rings (SSSR count). The number of carboxylic acid groups (broad SMARTS) is 1. The lowest BCUT2D eigenvalue weighted by Gasteiger charge is -2.57. The number of carbonyl (C=O) groups excluding carboxylic acids is 1. The second kappa shape index (κ2) is 7.67. The van der Waals surface area contributed by atoms with Crippen LogP contribution >= 0.6 is 0 Å². The smallest absolute Gasteiger partial charge is 0.328 e. The molecule has 4 aliphatic rings. The van der Waals surface area contributed by atoms with Gasteiger partial charge in [0.1, 0.15) is 5.75 Å². The van der Waals surface area contributed by atoms with Gasteiger partial charge in [-0.1, -0.05) is 30.3 Å². The molecule has 160 valence electrons. The van der Waals surface area contributed by atoms with Crippen molar-refractivity contribution in [2.75, 3.05) is 0 Å². The van der Waals surface area contributed by atoms with Crippen LogP contribution in [0.15, 0.2) is 48.5 Å². The Morgan fingerprint density at radius 2 is 1.52 bits per heavy atom. The van der Waals surface area contributed by atoms with Gasteiger partial charge >= 0.3 is 11.9 Å². The Morgan fingerprint density at radius 1 is 0.935 bits per heavy atom. The lowest BCUT2D eigenvalue weighted by molar-refractivity contribution is -0.132. The molecule has 4 heteroatoms. The van der Waals surface area contributed by atoms with Crippen LogP contribution in [-0.2, 0) is 15.0 Å². The van der Waals surface area contributed by atoms with Crippen molar-refractivity contribution in [3.8, 4) is 16.9 Å². The van der Waals surface area contributed by atoms with Gasteiger partial charge in [0, 0.05) is 18.6 Å². The molecule has 1 N–H and O–H groups in total. The minimum atomic E-state index is -0.953. The molecule has 0 amide bonds. The van der Waals surface area contributed by atoms with Crippen molar-refractivity contribution in [3.63, 3.8) is 0 Å². The average Bonchev–Trinajstić information content (AvgIpc) is 2.71. The first-order chi connectivity index (χ1) is 14.9. The molecule has 31 heavy (non-hydrogen) atoms. The van der Waals surface area contributed by atoms with Crippen molar-refractivity contribution < 1.29 is 19.4 Å². The fourth-order valence-electron chi connectivity index (χ4n) is 6.76. The predicted molar refractivity (Wildman–Crippen MR) is 120 cm³/mol. The number of carboxylic acids is 1. The SMILES string of the molecule is CC(=O)Oc1ccc(-c2ccc(/C=C/C(=O)O)cc2)cc1C12CC3CC(CC(C3)C1)C2. The van der Waals surface area contributed by atoms with Gasteiger partial charge in [-0.15, -0.1) is 0 Å². The van der Waals surface area contributed by atoms with Crippen LogP contribution < -0.4 is 4.74 Å². The number of ether oxygens (including phenoxy) is 1. The normalized spacial score (nSPS) is 28.7. The fourth-order valence-corrected chi connectivity index (χ4v) is 6.76. The lowest BCUT2D eigenvalue weighted by atomic mass is 9.48. The van der Waals surface area contributed by atoms with Gasteiger partial charge < -0.3 is 9.84 Å². The minimum absolute atomic E-state index is 0.125. The van der Waals surface area contributed by atoms with E-state index < -0.39 is 5.97 Å². The van der Waals surface area contributed by atoms with Crippen molar-refractivity contribution in [3.05, 3.63) is 59.7 Å². The van der Waals surface area contributed by atoms with Gasteiger partial charge in [0.2, 0.25) is 0 Å². The van der Waals surface area contributed by atoms with Crippen LogP contribution in [0.2, 0.25) is 0 Å². The first-order valence-corrected chi connectivity index (χ1v) is 11.2. The zero-order valence-corrected chi connectivity index (χ0v) is 17.8. The van der Waals surface area contributed by atoms with Gasteiger partial charge in [-0.05, 0) is 96.6 Å². The molecule has 0 radical (unpaired) electrons. The van der Waals surface area contributed by atoms with Gasteiger partial charge in [0.15, 0.2) is 0 Å². The summed E-state index contributed by atoms with van der Waals surface area (Å²) < 4.78 is 5.70. The van der Waals surface area contributed by atoms with Gasteiger partial charge in [-0.25, -0.2) is 4.79 Å². The van der Waals surface area contributed by atoms with Crippen molar-refractivity contribution in [2.24, 2.45) is 17.8 Å². The van der Waals surface area contributed by atoms with E-state index in [2.05, 4.69) is 6.07 Å². The number of benzene rings is 2. The molecule has 4 bridgehead atoms. The van der Waals surface area contributed by atoms with E-state index in [0.717, 1.165) is 46.3 Å². The van der Waals surface area contributed by atoms with E-state index in [-0.39, 0.29) is 11.4 Å². The van der Waals surface area contributed by atoms with Crippen LogP contribution in [0, 0.1) is 17.8 Å². The Kier molecular flexibility index (Phi) is 4.96. The summed E-state index contributed by atoms with van der Waals surface area (Å²) in [6.07, 6.45) is 10.5. The molecule has 4 aliphatic carbocycles. The number of carbonyl (C=O) groups is 2. The molecule has 0 saturated heterocycles. The van der Waals surface area contributed by atoms with Crippen LogP contribution in [0.5, 0.6) is 5.75 Å². The summed E-state index contributed by atoms with van der Waals surface area (Å²) in [6, 6.07) is 14.1. The number of aliphatic carboxylic acids is 1. The maximum absolute atomic E-state index is 11.8. The first-order valence-electron chi connectivity index (χ1n) is 11.2. The van der Waals surface area contributed by atoms with Gasteiger partial charge in [0.25, 0.3) is 0 Å². The largest absolute Gasteiger partial charge is 0.478 e. The van der Waals surface area contributed by atoms with E-state index in [1.807, 2.05) is 36.4 Å². The molecule has 4 saturated carbocycles. The summed E-state index contributed by atoms with van der Waals surface area (Å²) in [4.78, 5) is 22.6. The van der Waals surface area contributed by atoms with E-state index in [9.17, 15) is 9.59 Å². The van der Waals surface area contributed by atoms with Crippen LogP contribution in [0.4, 0.5) is 0 Å². The summed E-state index contributed by atoms with van der Waals surface area (Å²) in [5.74, 6) is 1.92. The van der Waals surface area contributed by atoms with Gasteiger partial charge in [-0.2, -0.15) is 0 Å². The molecular weight excluding hydrogens is 388 g/mol. The molecule has 2 aromatic rings. The highest BCUT2D eigenvalue weighted by Gasteiger charge is 2.52. The summed E-state index contributed by atoms with van der Waals surface area (Å²) >= 11 is 0. The quantitative estimate of drug-likeness (QED) is 0.378. The van der Waals surface area contributed by atoms with Crippen molar-refractivity contribution >= 4 is 18.0 Å². The maximum Gasteiger partial charge on any atom is 0.328 e. The lowest BCUT2D eigenvalue weighted by Crippen LogP contribution is -2.48. The van der Waals surface area contributed by atoms with Crippen LogP contribution in [-0.4, -0.2) is 17.0 Å². The fraction of sp³-hybridized carbons (Fsp3) is 0.407. The Balaban J connectivity index is 1.52. The number of esters is 1. The molecule has 0 spiro atoms. The van der Waals surface area contributed by atoms with E-state index >= 15 is 0 Å². The molecule has 0 aromatic heterocycles. The third-order valence-corrected chi connectivity index (χ3v) is 7.51. The maximum atomic E-state index is 11.8. The monoisotopic (exact) mass is 416 g/mol. The van der Waals surface area contributed by atoms with Crippen LogP contribution in [0.25, 0.3) is 17.2 Å². The van der Waals surface area contributed by atoms with Crippen molar-refractivity contribution in [1.82, 2.24) is 0 Å².